The first kappa shape index (κ1) is 13.0. The van der Waals surface area contributed by atoms with Gasteiger partial charge in [-0.2, -0.15) is 0 Å². The van der Waals surface area contributed by atoms with Crippen LogP contribution in [0.1, 0.15) is 5.56 Å². The summed E-state index contributed by atoms with van der Waals surface area (Å²) in [6.07, 6.45) is 1.15. The number of halogens is 1. The molecule has 3 N–H and O–H groups in total. The normalized spacial score (nSPS) is 10.2. The molecule has 0 amide bonds. The number of aromatic nitrogens is 2. The Labute approximate surface area is 113 Å². The lowest BCUT2D eigenvalue weighted by atomic mass is 10.2. The van der Waals surface area contributed by atoms with Crippen molar-refractivity contribution in [3.63, 3.8) is 0 Å². The van der Waals surface area contributed by atoms with Gasteiger partial charge in [0.05, 0.1) is 15.6 Å². The van der Waals surface area contributed by atoms with E-state index in [0.717, 1.165) is 11.9 Å². The van der Waals surface area contributed by atoms with Crippen molar-refractivity contribution in [1.29, 1.82) is 0 Å². The standard InChI is InChI=1S/C11H10ClN5O2/c1-6-2-3-8(7(12)4-6)16-11-9(17(18)19)10(13)14-5-15-11/h2-5H,1H3,(H3,13,14,15,16). The number of nitrogens with two attached hydrogens (primary N) is 1. The van der Waals surface area contributed by atoms with Crippen LogP contribution in [0.15, 0.2) is 24.5 Å². The summed E-state index contributed by atoms with van der Waals surface area (Å²) in [5.41, 5.74) is 6.58. The zero-order chi connectivity index (χ0) is 14.0. The predicted octanol–water partition coefficient (Wildman–Crippen LogP) is 2.67. The van der Waals surface area contributed by atoms with Gasteiger partial charge in [0.1, 0.15) is 6.33 Å². The Morgan fingerprint density at radius 2 is 2.16 bits per heavy atom. The molecule has 0 saturated heterocycles. The molecule has 8 heteroatoms. The van der Waals surface area contributed by atoms with Crippen molar-refractivity contribution in [1.82, 2.24) is 9.97 Å². The largest absolute Gasteiger partial charge is 0.378 e. The summed E-state index contributed by atoms with van der Waals surface area (Å²) in [6, 6.07) is 5.27. The number of rotatable bonds is 3. The first-order valence-electron chi connectivity index (χ1n) is 5.27. The molecule has 0 fully saturated rings. The van der Waals surface area contributed by atoms with Crippen molar-refractivity contribution >= 4 is 34.6 Å². The number of hydrogen-bond acceptors (Lipinski definition) is 6. The number of nitrogens with one attached hydrogen (secondary N) is 1. The molecule has 1 heterocycles. The van der Waals surface area contributed by atoms with Crippen LogP contribution in [0.4, 0.5) is 23.0 Å². The molecule has 0 aliphatic carbocycles. The third-order valence-corrected chi connectivity index (χ3v) is 2.72. The summed E-state index contributed by atoms with van der Waals surface area (Å²) in [7, 11) is 0. The van der Waals surface area contributed by atoms with Crippen molar-refractivity contribution in [2.24, 2.45) is 0 Å². The number of benzene rings is 1. The van der Waals surface area contributed by atoms with Crippen LogP contribution in [0.25, 0.3) is 0 Å². The maximum Gasteiger partial charge on any atom is 0.353 e. The smallest absolute Gasteiger partial charge is 0.353 e. The van der Waals surface area contributed by atoms with Crippen molar-refractivity contribution in [3.8, 4) is 0 Å². The monoisotopic (exact) mass is 279 g/mol. The van der Waals surface area contributed by atoms with Gasteiger partial charge >= 0.3 is 5.69 Å². The van der Waals surface area contributed by atoms with Gasteiger partial charge in [-0.25, -0.2) is 9.97 Å². The molecule has 1 aromatic carbocycles. The Balaban J connectivity index is 2.44. The summed E-state index contributed by atoms with van der Waals surface area (Å²) >= 11 is 6.04. The Morgan fingerprint density at radius 3 is 2.79 bits per heavy atom. The van der Waals surface area contributed by atoms with E-state index >= 15 is 0 Å². The lowest BCUT2D eigenvalue weighted by molar-refractivity contribution is -0.383. The minimum absolute atomic E-state index is 0.00301. The zero-order valence-corrected chi connectivity index (χ0v) is 10.7. The number of aryl methyl sites for hydroxylation is 1. The van der Waals surface area contributed by atoms with E-state index in [1.54, 1.807) is 12.1 Å². The summed E-state index contributed by atoms with van der Waals surface area (Å²) in [5.74, 6) is -0.200. The Morgan fingerprint density at radius 1 is 1.42 bits per heavy atom. The van der Waals surface area contributed by atoms with Crippen LogP contribution in [-0.4, -0.2) is 14.9 Å². The van der Waals surface area contributed by atoms with E-state index in [2.05, 4.69) is 15.3 Å². The minimum Gasteiger partial charge on any atom is -0.378 e. The van der Waals surface area contributed by atoms with Crippen LogP contribution in [0.5, 0.6) is 0 Å². The maximum atomic E-state index is 10.9. The molecule has 0 bridgehead atoms. The van der Waals surface area contributed by atoms with Gasteiger partial charge in [0, 0.05) is 0 Å². The molecule has 2 aromatic rings. The van der Waals surface area contributed by atoms with E-state index < -0.39 is 4.92 Å². The van der Waals surface area contributed by atoms with E-state index in [1.165, 1.54) is 0 Å². The third kappa shape index (κ3) is 2.71. The fraction of sp³-hybridized carbons (Fsp3) is 0.0909. The maximum absolute atomic E-state index is 10.9. The fourth-order valence-electron chi connectivity index (χ4n) is 1.51. The van der Waals surface area contributed by atoms with Crippen LogP contribution in [0.2, 0.25) is 5.02 Å². The highest BCUT2D eigenvalue weighted by Gasteiger charge is 2.21. The molecule has 0 radical (unpaired) electrons. The molecule has 0 atom stereocenters. The number of hydrogen-bond donors (Lipinski definition) is 2. The third-order valence-electron chi connectivity index (χ3n) is 2.41. The molecule has 98 valence electrons. The van der Waals surface area contributed by atoms with Gasteiger partial charge in [-0.05, 0) is 24.6 Å². The molecule has 7 nitrogen and oxygen atoms in total. The van der Waals surface area contributed by atoms with Gasteiger partial charge in [0.2, 0.25) is 11.6 Å². The highest BCUT2D eigenvalue weighted by molar-refractivity contribution is 6.33. The van der Waals surface area contributed by atoms with E-state index in [9.17, 15) is 10.1 Å². The van der Waals surface area contributed by atoms with Gasteiger partial charge in [0.15, 0.2) is 0 Å². The Bertz CT molecular complexity index is 647. The minimum atomic E-state index is -0.639. The first-order chi connectivity index (χ1) is 8.99. The quantitative estimate of drug-likeness (QED) is 0.661. The second-order valence-corrected chi connectivity index (χ2v) is 4.23. The predicted molar refractivity (Wildman–Crippen MR) is 72.6 cm³/mol. The van der Waals surface area contributed by atoms with E-state index in [0.29, 0.717) is 10.7 Å². The van der Waals surface area contributed by atoms with Gasteiger partial charge < -0.3 is 11.1 Å². The second kappa shape index (κ2) is 5.07. The van der Waals surface area contributed by atoms with Crippen molar-refractivity contribution in [3.05, 3.63) is 45.2 Å². The van der Waals surface area contributed by atoms with Crippen molar-refractivity contribution < 1.29 is 4.92 Å². The molecule has 0 spiro atoms. The highest BCUT2D eigenvalue weighted by atomic mass is 35.5. The van der Waals surface area contributed by atoms with Crippen LogP contribution in [0.3, 0.4) is 0 Å². The van der Waals surface area contributed by atoms with Crippen LogP contribution in [-0.2, 0) is 0 Å². The molecule has 1 aromatic heterocycles. The van der Waals surface area contributed by atoms with Gasteiger partial charge in [-0.15, -0.1) is 0 Å². The molecular formula is C11H10ClN5O2. The van der Waals surface area contributed by atoms with Crippen molar-refractivity contribution in [2.75, 3.05) is 11.1 Å². The Kier molecular flexibility index (Phi) is 3.48. The van der Waals surface area contributed by atoms with Crippen LogP contribution >= 0.6 is 11.6 Å². The molecule has 0 unspecified atom stereocenters. The van der Waals surface area contributed by atoms with E-state index in [4.69, 9.17) is 17.3 Å². The first-order valence-corrected chi connectivity index (χ1v) is 5.65. The summed E-state index contributed by atoms with van der Waals surface area (Å²) in [4.78, 5) is 17.7. The summed E-state index contributed by atoms with van der Waals surface area (Å²) < 4.78 is 0. The molecule has 2 rings (SSSR count). The van der Waals surface area contributed by atoms with Gasteiger partial charge in [0.25, 0.3) is 0 Å². The van der Waals surface area contributed by atoms with Crippen LogP contribution < -0.4 is 11.1 Å². The van der Waals surface area contributed by atoms with Crippen molar-refractivity contribution in [2.45, 2.75) is 6.92 Å². The van der Waals surface area contributed by atoms with E-state index in [-0.39, 0.29) is 17.3 Å². The average molecular weight is 280 g/mol. The zero-order valence-electron chi connectivity index (χ0n) is 9.92. The fourth-order valence-corrected chi connectivity index (χ4v) is 1.80. The molecule has 0 aliphatic rings. The van der Waals surface area contributed by atoms with Gasteiger partial charge in [-0.1, -0.05) is 17.7 Å². The lowest BCUT2D eigenvalue weighted by Crippen LogP contribution is -2.05. The Hall–Kier alpha value is -2.41. The molecule has 0 aliphatic heterocycles. The highest BCUT2D eigenvalue weighted by Crippen LogP contribution is 2.32. The summed E-state index contributed by atoms with van der Waals surface area (Å²) in [5, 5.41) is 14.2. The molecular weight excluding hydrogens is 270 g/mol. The second-order valence-electron chi connectivity index (χ2n) is 3.82. The number of nitro groups is 1. The van der Waals surface area contributed by atoms with Crippen LogP contribution in [0, 0.1) is 17.0 Å². The number of nitrogen functional groups attached to an aromatic ring is 1. The molecule has 0 saturated carbocycles. The molecule has 19 heavy (non-hydrogen) atoms. The van der Waals surface area contributed by atoms with Gasteiger partial charge in [-0.3, -0.25) is 10.1 Å². The topological polar surface area (TPSA) is 107 Å². The van der Waals surface area contributed by atoms with E-state index in [1.807, 2.05) is 13.0 Å². The number of nitrogens with zero attached hydrogens (tertiary/aromatic N) is 3. The average Bonchev–Trinajstić information content (AvgIpc) is 2.32. The summed E-state index contributed by atoms with van der Waals surface area (Å²) in [6.45, 7) is 1.89. The SMILES string of the molecule is Cc1ccc(Nc2ncnc(N)c2[N+](=O)[O-])c(Cl)c1. The number of anilines is 3. The lowest BCUT2D eigenvalue weighted by Gasteiger charge is -2.08.